The van der Waals surface area contributed by atoms with Gasteiger partial charge in [-0.15, -0.1) is 13.2 Å². The Kier molecular flexibility index (Phi) is 7.20. The van der Waals surface area contributed by atoms with Crippen LogP contribution in [0.15, 0.2) is 77.7 Å². The molecule has 0 bridgehead atoms. The van der Waals surface area contributed by atoms with Gasteiger partial charge in [-0.3, -0.25) is 9.20 Å². The van der Waals surface area contributed by atoms with Crippen molar-refractivity contribution in [1.82, 2.24) is 9.38 Å². The largest absolute Gasteiger partial charge is 0.573 e. The first-order valence-electron chi connectivity index (χ1n) is 12.2. The first-order chi connectivity index (χ1) is 18.3. The number of halogens is 3. The Labute approximate surface area is 216 Å². The van der Waals surface area contributed by atoms with Crippen LogP contribution in [0.1, 0.15) is 30.5 Å². The van der Waals surface area contributed by atoms with Gasteiger partial charge in [0, 0.05) is 11.8 Å². The standard InChI is InChI=1S/C24H17F3N2O3.C5H8O/c1-31-20-10-3-2-7-16(20)12-13-19-22(23(30)29-14-5-4-11-21(29)28-19)17-8-6-9-18(15-17)32-24(25,26)27;1-2-4-5(3-1)6-4/h2-15H,1H3;4-5H,1-3H2. The number of benzene rings is 2. The van der Waals surface area contributed by atoms with E-state index in [9.17, 15) is 18.0 Å². The maximum absolute atomic E-state index is 13.3. The van der Waals surface area contributed by atoms with E-state index in [2.05, 4.69) is 9.72 Å². The lowest BCUT2D eigenvalue weighted by Crippen LogP contribution is -2.19. The molecular formula is C29H25F3N2O4. The lowest BCUT2D eigenvalue weighted by Gasteiger charge is -2.12. The van der Waals surface area contributed by atoms with E-state index in [0.717, 1.165) is 5.56 Å². The van der Waals surface area contributed by atoms with E-state index < -0.39 is 17.7 Å². The Hall–Kier alpha value is -4.11. The molecule has 2 aromatic heterocycles. The second-order valence-electron chi connectivity index (χ2n) is 8.90. The van der Waals surface area contributed by atoms with Crippen molar-refractivity contribution < 1.29 is 27.4 Å². The van der Waals surface area contributed by atoms with Crippen molar-refractivity contribution in [2.24, 2.45) is 0 Å². The van der Waals surface area contributed by atoms with Crippen LogP contribution < -0.4 is 15.0 Å². The summed E-state index contributed by atoms with van der Waals surface area (Å²) in [5.41, 5.74) is 1.44. The quantitative estimate of drug-likeness (QED) is 0.285. The van der Waals surface area contributed by atoms with Gasteiger partial charge in [0.2, 0.25) is 0 Å². The lowest BCUT2D eigenvalue weighted by atomic mass is 10.0. The summed E-state index contributed by atoms with van der Waals surface area (Å²) < 4.78 is 54.0. The highest BCUT2D eigenvalue weighted by atomic mass is 19.4. The van der Waals surface area contributed by atoms with Crippen molar-refractivity contribution in [2.45, 2.75) is 37.8 Å². The Balaban J connectivity index is 0.000000424. The molecule has 1 aliphatic heterocycles. The first kappa shape index (κ1) is 25.5. The average molecular weight is 523 g/mol. The molecule has 6 rings (SSSR count). The second kappa shape index (κ2) is 10.7. The van der Waals surface area contributed by atoms with E-state index in [4.69, 9.17) is 9.47 Å². The molecule has 4 aromatic rings. The van der Waals surface area contributed by atoms with Gasteiger partial charge in [0.05, 0.1) is 30.6 Å². The molecule has 0 spiro atoms. The zero-order valence-electron chi connectivity index (χ0n) is 20.5. The van der Waals surface area contributed by atoms with E-state index in [1.54, 1.807) is 49.7 Å². The van der Waals surface area contributed by atoms with Crippen LogP contribution in [-0.2, 0) is 4.74 Å². The van der Waals surface area contributed by atoms with Crippen LogP contribution in [0.3, 0.4) is 0 Å². The van der Waals surface area contributed by atoms with Gasteiger partial charge in [0.15, 0.2) is 0 Å². The highest BCUT2D eigenvalue weighted by Gasteiger charge is 2.42. The molecule has 2 unspecified atom stereocenters. The predicted octanol–water partition coefficient (Wildman–Crippen LogP) is 6.38. The van der Waals surface area contributed by atoms with Crippen molar-refractivity contribution in [3.8, 4) is 22.6 Å². The molecule has 2 atom stereocenters. The molecule has 0 N–H and O–H groups in total. The Morgan fingerprint density at radius 1 is 1.00 bits per heavy atom. The molecule has 2 aromatic carbocycles. The Morgan fingerprint density at radius 2 is 1.76 bits per heavy atom. The van der Waals surface area contributed by atoms with Gasteiger partial charge in [-0.25, -0.2) is 4.98 Å². The summed E-state index contributed by atoms with van der Waals surface area (Å²) in [4.78, 5) is 17.8. The number of fused-ring (bicyclic) bond motifs is 2. The number of aromatic nitrogens is 2. The number of methoxy groups -OCH3 is 1. The van der Waals surface area contributed by atoms with Gasteiger partial charge in [0.1, 0.15) is 17.1 Å². The zero-order chi connectivity index (χ0) is 26.7. The fourth-order valence-corrected chi connectivity index (χ4v) is 4.53. The summed E-state index contributed by atoms with van der Waals surface area (Å²) in [5.74, 6) is 0.204. The molecule has 6 nitrogen and oxygen atoms in total. The van der Waals surface area contributed by atoms with E-state index in [1.165, 1.54) is 47.9 Å². The number of para-hydroxylation sites is 1. The van der Waals surface area contributed by atoms with Gasteiger partial charge in [0.25, 0.3) is 5.56 Å². The van der Waals surface area contributed by atoms with Crippen LogP contribution in [0.2, 0.25) is 0 Å². The van der Waals surface area contributed by atoms with Crippen molar-refractivity contribution >= 4 is 17.8 Å². The number of hydrogen-bond donors (Lipinski definition) is 0. The van der Waals surface area contributed by atoms with E-state index in [1.807, 2.05) is 18.2 Å². The van der Waals surface area contributed by atoms with Crippen LogP contribution in [-0.4, -0.2) is 35.1 Å². The summed E-state index contributed by atoms with van der Waals surface area (Å²) >= 11 is 0. The van der Waals surface area contributed by atoms with E-state index in [0.29, 0.717) is 29.3 Å². The molecule has 196 valence electrons. The molecule has 1 saturated heterocycles. The van der Waals surface area contributed by atoms with E-state index in [-0.39, 0.29) is 11.1 Å². The smallest absolute Gasteiger partial charge is 0.496 e. The zero-order valence-corrected chi connectivity index (χ0v) is 20.5. The number of ether oxygens (including phenoxy) is 3. The predicted molar refractivity (Wildman–Crippen MR) is 138 cm³/mol. The monoisotopic (exact) mass is 522 g/mol. The van der Waals surface area contributed by atoms with Gasteiger partial charge in [-0.05, 0) is 67.3 Å². The third-order valence-electron chi connectivity index (χ3n) is 6.34. The highest BCUT2D eigenvalue weighted by molar-refractivity contribution is 5.81. The molecule has 0 amide bonds. The summed E-state index contributed by atoms with van der Waals surface area (Å²) in [6, 6.07) is 17.7. The minimum atomic E-state index is -4.85. The van der Waals surface area contributed by atoms with Gasteiger partial charge in [-0.1, -0.05) is 36.4 Å². The third kappa shape index (κ3) is 5.89. The van der Waals surface area contributed by atoms with Crippen molar-refractivity contribution in [3.05, 3.63) is 94.5 Å². The minimum absolute atomic E-state index is 0.146. The average Bonchev–Trinajstić information content (AvgIpc) is 3.51. The van der Waals surface area contributed by atoms with Crippen LogP contribution in [0.25, 0.3) is 28.9 Å². The van der Waals surface area contributed by atoms with Crippen LogP contribution in [0.5, 0.6) is 11.5 Å². The number of epoxide rings is 1. The third-order valence-corrected chi connectivity index (χ3v) is 6.34. The van der Waals surface area contributed by atoms with Gasteiger partial charge >= 0.3 is 6.36 Å². The SMILES string of the molecule is C1CC2OC2C1.COc1ccccc1C=Cc1nc2ccccn2c(=O)c1-c1cccc(OC(F)(F)F)c1. The summed E-state index contributed by atoms with van der Waals surface area (Å²) in [6.07, 6.45) is 5.60. The topological polar surface area (TPSA) is 65.4 Å². The summed E-state index contributed by atoms with van der Waals surface area (Å²) in [7, 11) is 1.55. The molecule has 1 saturated carbocycles. The molecule has 3 heterocycles. The maximum Gasteiger partial charge on any atom is 0.573 e. The number of hydrogen-bond acceptors (Lipinski definition) is 5. The summed E-state index contributed by atoms with van der Waals surface area (Å²) in [5, 5.41) is 0. The minimum Gasteiger partial charge on any atom is -0.496 e. The number of pyridine rings is 1. The van der Waals surface area contributed by atoms with Crippen LogP contribution >= 0.6 is 0 Å². The van der Waals surface area contributed by atoms with E-state index >= 15 is 0 Å². The van der Waals surface area contributed by atoms with Crippen LogP contribution in [0.4, 0.5) is 13.2 Å². The van der Waals surface area contributed by atoms with Crippen molar-refractivity contribution in [3.63, 3.8) is 0 Å². The van der Waals surface area contributed by atoms with Crippen molar-refractivity contribution in [1.29, 1.82) is 0 Å². The lowest BCUT2D eigenvalue weighted by molar-refractivity contribution is -0.274. The maximum atomic E-state index is 13.3. The number of rotatable bonds is 5. The Morgan fingerprint density at radius 3 is 2.45 bits per heavy atom. The fraction of sp³-hybridized carbons (Fsp3) is 0.241. The molecule has 0 radical (unpaired) electrons. The molecule has 9 heteroatoms. The summed E-state index contributed by atoms with van der Waals surface area (Å²) in [6.45, 7) is 0. The van der Waals surface area contributed by atoms with Crippen LogP contribution in [0, 0.1) is 0 Å². The van der Waals surface area contributed by atoms with Gasteiger partial charge in [-0.2, -0.15) is 0 Å². The molecule has 2 aliphatic rings. The first-order valence-corrected chi connectivity index (χ1v) is 12.2. The number of alkyl halides is 3. The molecule has 1 aliphatic carbocycles. The molecular weight excluding hydrogens is 497 g/mol. The normalized spacial score (nSPS) is 18.1. The fourth-order valence-electron chi connectivity index (χ4n) is 4.53. The second-order valence-corrected chi connectivity index (χ2v) is 8.90. The molecule has 38 heavy (non-hydrogen) atoms. The Bertz CT molecular complexity index is 1520. The molecule has 2 fully saturated rings. The van der Waals surface area contributed by atoms with Gasteiger partial charge < -0.3 is 14.2 Å². The highest BCUT2D eigenvalue weighted by Crippen LogP contribution is 2.37. The number of nitrogens with zero attached hydrogens (tertiary/aromatic N) is 2. The van der Waals surface area contributed by atoms with Crippen molar-refractivity contribution in [2.75, 3.05) is 7.11 Å².